The van der Waals surface area contributed by atoms with Crippen molar-refractivity contribution in [2.45, 2.75) is 18.9 Å². The minimum Gasteiger partial charge on any atom is -0.348 e. The van der Waals surface area contributed by atoms with E-state index >= 15 is 0 Å². The van der Waals surface area contributed by atoms with Gasteiger partial charge in [0, 0.05) is 23.7 Å². The monoisotopic (exact) mass is 264 g/mol. The van der Waals surface area contributed by atoms with Crippen molar-refractivity contribution >= 4 is 23.6 Å². The number of amides is 1. The molecule has 1 atom stereocenters. The van der Waals surface area contributed by atoms with Crippen LogP contribution in [0.25, 0.3) is 6.08 Å². The normalized spacial score (nSPS) is 16.8. The maximum absolute atomic E-state index is 11.7. The maximum atomic E-state index is 11.7. The van der Waals surface area contributed by atoms with Crippen molar-refractivity contribution in [2.75, 3.05) is 6.54 Å². The molecule has 4 heteroatoms. The zero-order valence-electron chi connectivity index (χ0n) is 10.1. The molecule has 1 amide bonds. The summed E-state index contributed by atoms with van der Waals surface area (Å²) in [5.41, 5.74) is 6.58. The van der Waals surface area contributed by atoms with Gasteiger partial charge >= 0.3 is 0 Å². The molecule has 1 unspecified atom stereocenters. The molecule has 96 valence electrons. The van der Waals surface area contributed by atoms with E-state index in [1.54, 1.807) is 18.2 Å². The molecule has 1 fully saturated rings. The van der Waals surface area contributed by atoms with Crippen LogP contribution in [0.4, 0.5) is 0 Å². The van der Waals surface area contributed by atoms with Gasteiger partial charge < -0.3 is 11.1 Å². The summed E-state index contributed by atoms with van der Waals surface area (Å²) in [6, 6.07) is 7.45. The Morgan fingerprint density at radius 3 is 2.67 bits per heavy atom. The number of hydrogen-bond acceptors (Lipinski definition) is 2. The first-order valence-corrected chi connectivity index (χ1v) is 6.51. The third-order valence-electron chi connectivity index (χ3n) is 3.07. The van der Waals surface area contributed by atoms with Crippen LogP contribution in [-0.4, -0.2) is 18.5 Å². The average molecular weight is 265 g/mol. The molecule has 0 aromatic heterocycles. The summed E-state index contributed by atoms with van der Waals surface area (Å²) in [4.78, 5) is 11.7. The summed E-state index contributed by atoms with van der Waals surface area (Å²) in [6.07, 6.45) is 5.65. The van der Waals surface area contributed by atoms with Crippen molar-refractivity contribution in [3.05, 3.63) is 40.9 Å². The molecular formula is C14H17ClN2O. The van der Waals surface area contributed by atoms with Crippen LogP contribution in [0.1, 0.15) is 18.4 Å². The van der Waals surface area contributed by atoms with E-state index < -0.39 is 0 Å². The Bertz CT molecular complexity index is 438. The quantitative estimate of drug-likeness (QED) is 0.801. The second-order valence-corrected chi connectivity index (χ2v) is 5.01. The standard InChI is InChI=1S/C14H17ClN2O/c15-12-6-1-10(2-7-12)3-8-14(18)17-13(9-16)11-4-5-11/h1-3,6-8,11,13H,4-5,9,16H2,(H,17,18). The molecule has 0 bridgehead atoms. The minimum absolute atomic E-state index is 0.0905. The summed E-state index contributed by atoms with van der Waals surface area (Å²) in [5, 5.41) is 3.62. The minimum atomic E-state index is -0.0905. The van der Waals surface area contributed by atoms with E-state index in [0.717, 1.165) is 5.56 Å². The van der Waals surface area contributed by atoms with Gasteiger partial charge in [-0.25, -0.2) is 0 Å². The van der Waals surface area contributed by atoms with Gasteiger partial charge in [-0.3, -0.25) is 4.79 Å². The molecular weight excluding hydrogens is 248 g/mol. The molecule has 1 aromatic rings. The van der Waals surface area contributed by atoms with Crippen molar-refractivity contribution < 1.29 is 4.79 Å². The van der Waals surface area contributed by atoms with Gasteiger partial charge in [-0.05, 0) is 42.5 Å². The van der Waals surface area contributed by atoms with Gasteiger partial charge in [0.05, 0.1) is 0 Å². The molecule has 0 saturated heterocycles. The van der Waals surface area contributed by atoms with E-state index in [-0.39, 0.29) is 11.9 Å². The first-order valence-electron chi connectivity index (χ1n) is 6.13. The van der Waals surface area contributed by atoms with Gasteiger partial charge in [0.2, 0.25) is 5.91 Å². The Morgan fingerprint density at radius 1 is 1.44 bits per heavy atom. The van der Waals surface area contributed by atoms with Gasteiger partial charge in [-0.15, -0.1) is 0 Å². The number of carbonyl (C=O) groups excluding carboxylic acids is 1. The number of halogens is 1. The fraction of sp³-hybridized carbons (Fsp3) is 0.357. The number of hydrogen-bond donors (Lipinski definition) is 2. The lowest BCUT2D eigenvalue weighted by Gasteiger charge is -2.14. The Hall–Kier alpha value is -1.32. The second kappa shape index (κ2) is 6.03. The molecule has 0 radical (unpaired) electrons. The molecule has 1 aromatic carbocycles. The summed E-state index contributed by atoms with van der Waals surface area (Å²) in [6.45, 7) is 0.505. The lowest BCUT2D eigenvalue weighted by atomic mass is 10.2. The van der Waals surface area contributed by atoms with Crippen molar-refractivity contribution in [1.29, 1.82) is 0 Å². The second-order valence-electron chi connectivity index (χ2n) is 4.57. The van der Waals surface area contributed by atoms with E-state index in [9.17, 15) is 4.79 Å². The molecule has 1 aliphatic rings. The van der Waals surface area contributed by atoms with Crippen LogP contribution in [0.5, 0.6) is 0 Å². The van der Waals surface area contributed by atoms with E-state index in [1.165, 1.54) is 18.9 Å². The van der Waals surface area contributed by atoms with E-state index in [4.69, 9.17) is 17.3 Å². The van der Waals surface area contributed by atoms with Gasteiger partial charge in [0.15, 0.2) is 0 Å². The van der Waals surface area contributed by atoms with Crippen molar-refractivity contribution in [3.63, 3.8) is 0 Å². The Kier molecular flexibility index (Phi) is 4.39. The van der Waals surface area contributed by atoms with Crippen LogP contribution < -0.4 is 11.1 Å². The Balaban J connectivity index is 1.88. The van der Waals surface area contributed by atoms with Gasteiger partial charge in [-0.1, -0.05) is 23.7 Å². The molecule has 3 N–H and O–H groups in total. The highest BCUT2D eigenvalue weighted by atomic mass is 35.5. The van der Waals surface area contributed by atoms with Crippen LogP contribution in [0.3, 0.4) is 0 Å². The van der Waals surface area contributed by atoms with Crippen LogP contribution in [-0.2, 0) is 4.79 Å². The molecule has 0 spiro atoms. The molecule has 1 saturated carbocycles. The maximum Gasteiger partial charge on any atom is 0.244 e. The van der Waals surface area contributed by atoms with E-state index in [1.807, 2.05) is 12.1 Å². The van der Waals surface area contributed by atoms with E-state index in [2.05, 4.69) is 5.32 Å². The highest BCUT2D eigenvalue weighted by Gasteiger charge is 2.30. The van der Waals surface area contributed by atoms with E-state index in [0.29, 0.717) is 17.5 Å². The topological polar surface area (TPSA) is 55.1 Å². The lowest BCUT2D eigenvalue weighted by molar-refractivity contribution is -0.117. The SMILES string of the molecule is NCC(NC(=O)C=Cc1ccc(Cl)cc1)C1CC1. The predicted molar refractivity (Wildman–Crippen MR) is 74.2 cm³/mol. The number of nitrogens with two attached hydrogens (primary N) is 1. The highest BCUT2D eigenvalue weighted by molar-refractivity contribution is 6.30. The molecule has 2 rings (SSSR count). The van der Waals surface area contributed by atoms with Crippen LogP contribution >= 0.6 is 11.6 Å². The zero-order chi connectivity index (χ0) is 13.0. The number of benzene rings is 1. The molecule has 0 heterocycles. The Labute approximate surface area is 112 Å². The van der Waals surface area contributed by atoms with Crippen LogP contribution in [0.2, 0.25) is 5.02 Å². The summed E-state index contributed by atoms with van der Waals surface area (Å²) in [5.74, 6) is 0.482. The first-order chi connectivity index (χ1) is 8.69. The number of nitrogens with one attached hydrogen (secondary N) is 1. The number of carbonyl (C=O) groups is 1. The summed E-state index contributed by atoms with van der Waals surface area (Å²) in [7, 11) is 0. The van der Waals surface area contributed by atoms with Crippen LogP contribution in [0.15, 0.2) is 30.3 Å². The Morgan fingerprint density at radius 2 is 2.11 bits per heavy atom. The largest absolute Gasteiger partial charge is 0.348 e. The highest BCUT2D eigenvalue weighted by Crippen LogP contribution is 2.32. The number of rotatable bonds is 5. The fourth-order valence-electron chi connectivity index (χ4n) is 1.84. The van der Waals surface area contributed by atoms with Gasteiger partial charge in [0.25, 0.3) is 0 Å². The summed E-state index contributed by atoms with van der Waals surface area (Å²) >= 11 is 5.79. The van der Waals surface area contributed by atoms with Gasteiger partial charge in [-0.2, -0.15) is 0 Å². The molecule has 0 aliphatic heterocycles. The molecule has 1 aliphatic carbocycles. The third kappa shape index (κ3) is 3.86. The molecule has 3 nitrogen and oxygen atoms in total. The van der Waals surface area contributed by atoms with Gasteiger partial charge in [0.1, 0.15) is 0 Å². The predicted octanol–water partition coefficient (Wildman–Crippen LogP) is 2.21. The third-order valence-corrected chi connectivity index (χ3v) is 3.32. The van der Waals surface area contributed by atoms with Crippen molar-refractivity contribution in [3.8, 4) is 0 Å². The zero-order valence-corrected chi connectivity index (χ0v) is 10.9. The average Bonchev–Trinajstić information content (AvgIpc) is 3.19. The first kappa shape index (κ1) is 13.1. The smallest absolute Gasteiger partial charge is 0.244 e. The summed E-state index contributed by atoms with van der Waals surface area (Å²) < 4.78 is 0. The van der Waals surface area contributed by atoms with Crippen LogP contribution in [0, 0.1) is 5.92 Å². The lowest BCUT2D eigenvalue weighted by Crippen LogP contribution is -2.40. The fourth-order valence-corrected chi connectivity index (χ4v) is 1.97. The van der Waals surface area contributed by atoms with Crippen molar-refractivity contribution in [2.24, 2.45) is 11.7 Å². The molecule has 18 heavy (non-hydrogen) atoms. The van der Waals surface area contributed by atoms with Crippen molar-refractivity contribution in [1.82, 2.24) is 5.32 Å².